The maximum Gasteiger partial charge on any atom is 0.326 e. The summed E-state index contributed by atoms with van der Waals surface area (Å²) in [7, 11) is 1.46. The quantitative estimate of drug-likeness (QED) is 0.758. The van der Waals surface area contributed by atoms with Gasteiger partial charge in [-0.2, -0.15) is 5.26 Å². The van der Waals surface area contributed by atoms with Crippen molar-refractivity contribution < 1.29 is 9.53 Å². The third kappa shape index (κ3) is 2.38. The molecule has 4 nitrogen and oxygen atoms in total. The number of benzene rings is 1. The van der Waals surface area contributed by atoms with Gasteiger partial charge in [-0.1, -0.05) is 11.6 Å². The van der Waals surface area contributed by atoms with Crippen LogP contribution in [0.1, 0.15) is 0 Å². The van der Waals surface area contributed by atoms with Gasteiger partial charge in [0.05, 0.1) is 12.8 Å². The third-order valence-electron chi connectivity index (χ3n) is 1.51. The van der Waals surface area contributed by atoms with Crippen LogP contribution in [0.3, 0.4) is 0 Å². The van der Waals surface area contributed by atoms with Gasteiger partial charge in [-0.3, -0.25) is 4.79 Å². The fraction of sp³-hybridized carbons (Fsp3) is 0.111. The standard InChI is InChI=1S/C9H7ClN2O2/c1-14-8-3-2-6(10)4-7(8)12-9(13)5-11/h2-4H,1H3,(H,12,13). The number of methoxy groups -OCH3 is 1. The number of hydrogen-bond donors (Lipinski definition) is 1. The number of rotatable bonds is 2. The molecule has 0 aliphatic rings. The lowest BCUT2D eigenvalue weighted by atomic mass is 10.3. The first-order valence-corrected chi connectivity index (χ1v) is 4.10. The van der Waals surface area contributed by atoms with E-state index < -0.39 is 5.91 Å². The summed E-state index contributed by atoms with van der Waals surface area (Å²) in [5.74, 6) is -0.302. The van der Waals surface area contributed by atoms with Gasteiger partial charge in [0.25, 0.3) is 0 Å². The number of amides is 1. The maximum absolute atomic E-state index is 10.8. The molecule has 0 aliphatic carbocycles. The van der Waals surface area contributed by atoms with Gasteiger partial charge in [0.2, 0.25) is 0 Å². The summed E-state index contributed by atoms with van der Waals surface area (Å²) in [6, 6.07) is 6.18. The van der Waals surface area contributed by atoms with Gasteiger partial charge in [0.1, 0.15) is 5.75 Å². The van der Waals surface area contributed by atoms with Crippen molar-refractivity contribution in [1.82, 2.24) is 0 Å². The summed E-state index contributed by atoms with van der Waals surface area (Å²) in [6.07, 6.45) is 0. The van der Waals surface area contributed by atoms with Gasteiger partial charge in [-0.15, -0.1) is 0 Å². The van der Waals surface area contributed by atoms with E-state index in [1.54, 1.807) is 12.1 Å². The lowest BCUT2D eigenvalue weighted by Crippen LogP contribution is -2.09. The Bertz CT molecular complexity index is 398. The molecule has 0 heterocycles. The second-order valence-electron chi connectivity index (χ2n) is 2.41. The molecule has 0 saturated heterocycles. The van der Waals surface area contributed by atoms with Crippen LogP contribution in [0.5, 0.6) is 5.75 Å². The highest BCUT2D eigenvalue weighted by Gasteiger charge is 2.06. The highest BCUT2D eigenvalue weighted by Crippen LogP contribution is 2.27. The van der Waals surface area contributed by atoms with Crippen molar-refractivity contribution in [2.75, 3.05) is 12.4 Å². The average molecular weight is 211 g/mol. The fourth-order valence-electron chi connectivity index (χ4n) is 0.928. The molecule has 0 aromatic heterocycles. The fourth-order valence-corrected chi connectivity index (χ4v) is 1.10. The molecule has 1 aromatic carbocycles. The molecule has 14 heavy (non-hydrogen) atoms. The molecule has 1 N–H and O–H groups in total. The van der Waals surface area contributed by atoms with E-state index in [1.807, 2.05) is 0 Å². The predicted octanol–water partition coefficient (Wildman–Crippen LogP) is 1.81. The van der Waals surface area contributed by atoms with Crippen LogP contribution in [-0.4, -0.2) is 13.0 Å². The van der Waals surface area contributed by atoms with Crippen molar-refractivity contribution in [1.29, 1.82) is 5.26 Å². The summed E-state index contributed by atoms with van der Waals surface area (Å²) in [6.45, 7) is 0. The summed E-state index contributed by atoms with van der Waals surface area (Å²) in [4.78, 5) is 10.8. The Kier molecular flexibility index (Phi) is 3.32. The van der Waals surface area contributed by atoms with Gasteiger partial charge in [0, 0.05) is 5.02 Å². The van der Waals surface area contributed by atoms with Crippen LogP contribution in [0.25, 0.3) is 0 Å². The van der Waals surface area contributed by atoms with Crippen LogP contribution in [0.4, 0.5) is 5.69 Å². The topological polar surface area (TPSA) is 62.1 Å². The molecule has 72 valence electrons. The lowest BCUT2D eigenvalue weighted by Gasteiger charge is -2.07. The zero-order valence-corrected chi connectivity index (χ0v) is 8.13. The van der Waals surface area contributed by atoms with Crippen LogP contribution in [-0.2, 0) is 4.79 Å². The average Bonchev–Trinajstić information content (AvgIpc) is 2.18. The molecule has 0 aliphatic heterocycles. The highest BCUT2D eigenvalue weighted by atomic mass is 35.5. The molecule has 0 bridgehead atoms. The van der Waals surface area contributed by atoms with Gasteiger partial charge < -0.3 is 10.1 Å². The molecule has 1 rings (SSSR count). The highest BCUT2D eigenvalue weighted by molar-refractivity contribution is 6.31. The number of hydrogen-bond acceptors (Lipinski definition) is 3. The van der Waals surface area contributed by atoms with E-state index in [0.29, 0.717) is 16.5 Å². The third-order valence-corrected chi connectivity index (χ3v) is 1.75. The Balaban J connectivity index is 3.00. The zero-order chi connectivity index (χ0) is 10.6. The van der Waals surface area contributed by atoms with Gasteiger partial charge in [0.15, 0.2) is 6.07 Å². The zero-order valence-electron chi connectivity index (χ0n) is 7.37. The number of nitriles is 1. The summed E-state index contributed by atoms with van der Waals surface area (Å²) in [5.41, 5.74) is 0.381. The van der Waals surface area contributed by atoms with Crippen molar-refractivity contribution >= 4 is 23.2 Å². The molecular formula is C9H7ClN2O2. The van der Waals surface area contributed by atoms with Crippen molar-refractivity contribution in [3.05, 3.63) is 23.2 Å². The van der Waals surface area contributed by atoms with E-state index in [0.717, 1.165) is 0 Å². The number of halogens is 1. The van der Waals surface area contributed by atoms with Gasteiger partial charge >= 0.3 is 5.91 Å². The van der Waals surface area contributed by atoms with E-state index in [4.69, 9.17) is 21.6 Å². The van der Waals surface area contributed by atoms with Gasteiger partial charge in [-0.25, -0.2) is 0 Å². The number of ether oxygens (including phenoxy) is 1. The van der Waals surface area contributed by atoms with Crippen molar-refractivity contribution in [2.24, 2.45) is 0 Å². The van der Waals surface area contributed by atoms with E-state index in [-0.39, 0.29) is 0 Å². The van der Waals surface area contributed by atoms with Crippen LogP contribution < -0.4 is 10.1 Å². The van der Waals surface area contributed by atoms with E-state index in [1.165, 1.54) is 19.2 Å². The summed E-state index contributed by atoms with van der Waals surface area (Å²) < 4.78 is 4.96. The van der Waals surface area contributed by atoms with Crippen molar-refractivity contribution in [3.63, 3.8) is 0 Å². The Morgan fingerprint density at radius 1 is 1.64 bits per heavy atom. The smallest absolute Gasteiger partial charge is 0.326 e. The normalized spacial score (nSPS) is 8.93. The molecule has 5 heteroatoms. The Morgan fingerprint density at radius 3 is 2.93 bits per heavy atom. The molecule has 1 aromatic rings. The minimum absolute atomic E-state index is 0.381. The summed E-state index contributed by atoms with van der Waals surface area (Å²) in [5, 5.41) is 11.1. The first-order chi connectivity index (χ1) is 6.67. The van der Waals surface area contributed by atoms with Crippen LogP contribution in [0, 0.1) is 11.3 Å². The first kappa shape index (κ1) is 10.4. The predicted molar refractivity (Wildman–Crippen MR) is 52.2 cm³/mol. The minimum Gasteiger partial charge on any atom is -0.495 e. The van der Waals surface area contributed by atoms with E-state index in [2.05, 4.69) is 5.32 Å². The first-order valence-electron chi connectivity index (χ1n) is 3.72. The molecule has 0 atom stereocenters. The number of carbonyl (C=O) groups is 1. The molecule has 0 radical (unpaired) electrons. The Labute approximate surface area is 86.0 Å². The lowest BCUT2D eigenvalue weighted by molar-refractivity contribution is -0.111. The van der Waals surface area contributed by atoms with Crippen molar-refractivity contribution in [3.8, 4) is 11.8 Å². The second-order valence-corrected chi connectivity index (χ2v) is 2.85. The van der Waals surface area contributed by atoms with Crippen LogP contribution >= 0.6 is 11.6 Å². The van der Waals surface area contributed by atoms with Crippen LogP contribution in [0.2, 0.25) is 5.02 Å². The summed E-state index contributed by atoms with van der Waals surface area (Å²) >= 11 is 5.71. The molecule has 0 unspecified atom stereocenters. The second kappa shape index (κ2) is 4.49. The Hall–Kier alpha value is -1.73. The van der Waals surface area contributed by atoms with E-state index >= 15 is 0 Å². The number of nitrogens with zero attached hydrogens (tertiary/aromatic N) is 1. The van der Waals surface area contributed by atoms with E-state index in [9.17, 15) is 4.79 Å². The maximum atomic E-state index is 10.8. The monoisotopic (exact) mass is 210 g/mol. The SMILES string of the molecule is COc1ccc(Cl)cc1NC(=O)C#N. The number of nitrogens with one attached hydrogen (secondary N) is 1. The molecule has 0 spiro atoms. The molecule has 1 amide bonds. The molecule has 0 fully saturated rings. The molecular weight excluding hydrogens is 204 g/mol. The minimum atomic E-state index is -0.759. The molecule has 0 saturated carbocycles. The van der Waals surface area contributed by atoms with Gasteiger partial charge in [-0.05, 0) is 18.2 Å². The van der Waals surface area contributed by atoms with Crippen molar-refractivity contribution in [2.45, 2.75) is 0 Å². The van der Waals surface area contributed by atoms with Crippen LogP contribution in [0.15, 0.2) is 18.2 Å². The number of anilines is 1. The number of carbonyl (C=O) groups excluding carboxylic acids is 1. The Morgan fingerprint density at radius 2 is 2.36 bits per heavy atom. The largest absolute Gasteiger partial charge is 0.495 e.